The minimum absolute atomic E-state index is 0.175. The number of anilines is 1. The third-order valence-corrected chi connectivity index (χ3v) is 4.61. The highest BCUT2D eigenvalue weighted by atomic mass is 19.1. The standard InChI is InChI=1S/C20H23F2N3O/c21-17-4-2-16(3-5-17)20(26)23-10-1-11-24-12-14-25(15-13-24)19-8-6-18(22)7-9-19/h2-9H,1,10-15H2,(H,23,26). The Labute approximate surface area is 152 Å². The monoisotopic (exact) mass is 359 g/mol. The van der Waals surface area contributed by atoms with E-state index in [1.54, 1.807) is 0 Å². The normalized spacial score (nSPS) is 15.1. The first kappa shape index (κ1) is 18.3. The number of rotatable bonds is 6. The Kier molecular flexibility index (Phi) is 6.17. The summed E-state index contributed by atoms with van der Waals surface area (Å²) in [7, 11) is 0. The molecule has 6 heteroatoms. The number of carbonyl (C=O) groups is 1. The number of nitrogens with zero attached hydrogens (tertiary/aromatic N) is 2. The average Bonchev–Trinajstić information content (AvgIpc) is 2.67. The molecule has 2 aromatic carbocycles. The minimum atomic E-state index is -0.346. The lowest BCUT2D eigenvalue weighted by atomic mass is 10.2. The van der Waals surface area contributed by atoms with Gasteiger partial charge >= 0.3 is 0 Å². The maximum absolute atomic E-state index is 13.0. The molecule has 0 aromatic heterocycles. The van der Waals surface area contributed by atoms with Crippen LogP contribution in [0.4, 0.5) is 14.5 Å². The third-order valence-electron chi connectivity index (χ3n) is 4.61. The molecule has 0 unspecified atom stereocenters. The van der Waals surface area contributed by atoms with Crippen molar-refractivity contribution < 1.29 is 13.6 Å². The van der Waals surface area contributed by atoms with Gasteiger partial charge in [0.2, 0.25) is 0 Å². The van der Waals surface area contributed by atoms with Crippen molar-refractivity contribution in [1.29, 1.82) is 0 Å². The van der Waals surface area contributed by atoms with E-state index in [2.05, 4.69) is 15.1 Å². The van der Waals surface area contributed by atoms with Crippen molar-refractivity contribution in [3.63, 3.8) is 0 Å². The summed E-state index contributed by atoms with van der Waals surface area (Å²) in [5.41, 5.74) is 1.52. The minimum Gasteiger partial charge on any atom is -0.369 e. The summed E-state index contributed by atoms with van der Waals surface area (Å²) in [5.74, 6) is -0.734. The Hall–Kier alpha value is -2.47. The fraction of sp³-hybridized carbons (Fsp3) is 0.350. The van der Waals surface area contributed by atoms with E-state index in [0.717, 1.165) is 44.8 Å². The number of carbonyl (C=O) groups excluding carboxylic acids is 1. The molecule has 26 heavy (non-hydrogen) atoms. The predicted octanol–water partition coefficient (Wildman–Crippen LogP) is 2.91. The van der Waals surface area contributed by atoms with Crippen molar-refractivity contribution in [1.82, 2.24) is 10.2 Å². The molecule has 1 aliphatic rings. The third kappa shape index (κ3) is 5.02. The van der Waals surface area contributed by atoms with Crippen LogP contribution in [0.5, 0.6) is 0 Å². The molecule has 1 heterocycles. The lowest BCUT2D eigenvalue weighted by Gasteiger charge is -2.36. The van der Waals surface area contributed by atoms with Crippen LogP contribution < -0.4 is 10.2 Å². The lowest BCUT2D eigenvalue weighted by molar-refractivity contribution is 0.0951. The number of hydrogen-bond acceptors (Lipinski definition) is 3. The predicted molar refractivity (Wildman–Crippen MR) is 98.4 cm³/mol. The Morgan fingerprint density at radius 3 is 2.08 bits per heavy atom. The van der Waals surface area contributed by atoms with Gasteiger partial charge in [-0.15, -0.1) is 0 Å². The Balaban J connectivity index is 1.34. The van der Waals surface area contributed by atoms with Crippen LogP contribution in [-0.4, -0.2) is 50.1 Å². The van der Waals surface area contributed by atoms with E-state index in [9.17, 15) is 13.6 Å². The molecule has 0 atom stereocenters. The summed E-state index contributed by atoms with van der Waals surface area (Å²) in [4.78, 5) is 16.6. The van der Waals surface area contributed by atoms with Crippen LogP contribution in [0.15, 0.2) is 48.5 Å². The van der Waals surface area contributed by atoms with Crippen LogP contribution >= 0.6 is 0 Å². The van der Waals surface area contributed by atoms with Crippen LogP contribution in [-0.2, 0) is 0 Å². The molecule has 4 nitrogen and oxygen atoms in total. The number of nitrogens with one attached hydrogen (secondary N) is 1. The van der Waals surface area contributed by atoms with Crippen molar-refractivity contribution in [3.8, 4) is 0 Å². The zero-order chi connectivity index (χ0) is 18.4. The van der Waals surface area contributed by atoms with Gasteiger partial charge in [0.25, 0.3) is 5.91 Å². The van der Waals surface area contributed by atoms with Crippen molar-refractivity contribution in [3.05, 3.63) is 65.7 Å². The second-order valence-corrected chi connectivity index (χ2v) is 6.42. The summed E-state index contributed by atoms with van der Waals surface area (Å²) in [5, 5.41) is 2.86. The first-order chi connectivity index (χ1) is 12.6. The van der Waals surface area contributed by atoms with Crippen LogP contribution in [0.2, 0.25) is 0 Å². The Bertz CT molecular complexity index is 711. The number of benzene rings is 2. The van der Waals surface area contributed by atoms with Gasteiger partial charge in [0.05, 0.1) is 0 Å². The largest absolute Gasteiger partial charge is 0.369 e. The first-order valence-corrected chi connectivity index (χ1v) is 8.88. The molecule has 0 saturated carbocycles. The van der Waals surface area contributed by atoms with Gasteiger partial charge in [0.15, 0.2) is 0 Å². The zero-order valence-electron chi connectivity index (χ0n) is 14.6. The number of hydrogen-bond donors (Lipinski definition) is 1. The lowest BCUT2D eigenvalue weighted by Crippen LogP contribution is -2.47. The van der Waals surface area contributed by atoms with Gasteiger partial charge in [0.1, 0.15) is 11.6 Å². The second-order valence-electron chi connectivity index (χ2n) is 6.42. The van der Waals surface area contributed by atoms with E-state index in [1.165, 1.54) is 36.4 Å². The summed E-state index contributed by atoms with van der Waals surface area (Å²) in [6, 6.07) is 12.2. The average molecular weight is 359 g/mol. The quantitative estimate of drug-likeness (QED) is 0.806. The van der Waals surface area contributed by atoms with Gasteiger partial charge < -0.3 is 10.2 Å². The molecule has 0 bridgehead atoms. The summed E-state index contributed by atoms with van der Waals surface area (Å²) in [6.07, 6.45) is 0.865. The van der Waals surface area contributed by atoms with Crippen LogP contribution in [0, 0.1) is 11.6 Å². The smallest absolute Gasteiger partial charge is 0.251 e. The molecular weight excluding hydrogens is 336 g/mol. The van der Waals surface area contributed by atoms with Crippen molar-refractivity contribution >= 4 is 11.6 Å². The topological polar surface area (TPSA) is 35.6 Å². The highest BCUT2D eigenvalue weighted by Gasteiger charge is 2.16. The van der Waals surface area contributed by atoms with Gasteiger partial charge in [-0.2, -0.15) is 0 Å². The SMILES string of the molecule is O=C(NCCCN1CCN(c2ccc(F)cc2)CC1)c1ccc(F)cc1. The Morgan fingerprint density at radius 2 is 1.46 bits per heavy atom. The Morgan fingerprint density at radius 1 is 0.885 bits per heavy atom. The fourth-order valence-corrected chi connectivity index (χ4v) is 3.09. The molecule has 2 aromatic rings. The van der Waals surface area contributed by atoms with Gasteiger partial charge in [-0.3, -0.25) is 9.69 Å². The summed E-state index contributed by atoms with van der Waals surface area (Å²) in [6.45, 7) is 5.23. The molecule has 138 valence electrons. The van der Waals surface area contributed by atoms with Crippen LogP contribution in [0.1, 0.15) is 16.8 Å². The molecule has 1 fully saturated rings. The van der Waals surface area contributed by atoms with Crippen molar-refractivity contribution in [2.75, 3.05) is 44.2 Å². The number of halogens is 2. The second kappa shape index (κ2) is 8.76. The molecule has 1 saturated heterocycles. The molecule has 1 N–H and O–H groups in total. The molecule has 1 amide bonds. The first-order valence-electron chi connectivity index (χ1n) is 8.88. The van der Waals surface area contributed by atoms with Gasteiger partial charge in [-0.25, -0.2) is 8.78 Å². The van der Waals surface area contributed by atoms with Gasteiger partial charge in [-0.05, 0) is 61.5 Å². The molecule has 1 aliphatic heterocycles. The van der Waals surface area contributed by atoms with E-state index < -0.39 is 0 Å². The van der Waals surface area contributed by atoms with E-state index in [1.807, 2.05) is 12.1 Å². The molecule has 0 radical (unpaired) electrons. The highest BCUT2D eigenvalue weighted by Crippen LogP contribution is 2.16. The van der Waals surface area contributed by atoms with Crippen LogP contribution in [0.3, 0.4) is 0 Å². The zero-order valence-corrected chi connectivity index (χ0v) is 14.6. The summed E-state index contributed by atoms with van der Waals surface area (Å²) >= 11 is 0. The highest BCUT2D eigenvalue weighted by molar-refractivity contribution is 5.94. The van der Waals surface area contributed by atoms with E-state index in [-0.39, 0.29) is 17.5 Å². The number of amides is 1. The van der Waals surface area contributed by atoms with Crippen molar-refractivity contribution in [2.24, 2.45) is 0 Å². The van der Waals surface area contributed by atoms with Gasteiger partial charge in [0, 0.05) is 44.0 Å². The fourth-order valence-electron chi connectivity index (χ4n) is 3.09. The molecular formula is C20H23F2N3O. The van der Waals surface area contributed by atoms with E-state index in [0.29, 0.717) is 12.1 Å². The van der Waals surface area contributed by atoms with E-state index in [4.69, 9.17) is 0 Å². The maximum Gasteiger partial charge on any atom is 0.251 e. The van der Waals surface area contributed by atoms with Crippen molar-refractivity contribution in [2.45, 2.75) is 6.42 Å². The van der Waals surface area contributed by atoms with E-state index >= 15 is 0 Å². The summed E-state index contributed by atoms with van der Waals surface area (Å²) < 4.78 is 25.9. The molecule has 0 aliphatic carbocycles. The maximum atomic E-state index is 13.0. The molecule has 3 rings (SSSR count). The number of piperazine rings is 1. The molecule has 0 spiro atoms. The van der Waals surface area contributed by atoms with Crippen LogP contribution in [0.25, 0.3) is 0 Å². The van der Waals surface area contributed by atoms with Gasteiger partial charge in [-0.1, -0.05) is 0 Å².